The van der Waals surface area contributed by atoms with E-state index in [0.717, 1.165) is 38.5 Å². The van der Waals surface area contributed by atoms with Gasteiger partial charge in [-0.3, -0.25) is 4.79 Å². The molecule has 160 valence electrons. The molecule has 0 heterocycles. The fourth-order valence-electron chi connectivity index (χ4n) is 4.32. The fraction of sp³-hybridized carbons (Fsp3) is 0.609. The summed E-state index contributed by atoms with van der Waals surface area (Å²) in [6.45, 7) is 0. The first-order valence-corrected chi connectivity index (χ1v) is 12.5. The molecule has 2 fully saturated rings. The zero-order valence-corrected chi connectivity index (χ0v) is 18.3. The van der Waals surface area contributed by atoms with E-state index >= 15 is 0 Å². The predicted octanol–water partition coefficient (Wildman–Crippen LogP) is 4.79. The summed E-state index contributed by atoms with van der Waals surface area (Å²) in [5.74, 6) is 0.423. The van der Waals surface area contributed by atoms with Crippen molar-refractivity contribution in [3.05, 3.63) is 36.4 Å². The summed E-state index contributed by atoms with van der Waals surface area (Å²) in [4.78, 5) is 14.3. The van der Waals surface area contributed by atoms with Gasteiger partial charge in [0.15, 0.2) is 0 Å². The molecule has 0 saturated heterocycles. The Kier molecular flexibility index (Phi) is 7.90. The highest BCUT2D eigenvalue weighted by atomic mass is 32.2. The van der Waals surface area contributed by atoms with Crippen LogP contribution in [0.2, 0.25) is 0 Å². The van der Waals surface area contributed by atoms with Crippen LogP contribution in [0.3, 0.4) is 0 Å². The minimum atomic E-state index is -3.53. The molecule has 2 aliphatic rings. The van der Waals surface area contributed by atoms with Gasteiger partial charge in [0.25, 0.3) is 0 Å². The summed E-state index contributed by atoms with van der Waals surface area (Å²) in [5.41, 5.74) is 0.691. The molecule has 2 saturated carbocycles. The molecule has 6 heteroatoms. The maximum Gasteiger partial charge on any atom is 0.250 e. The van der Waals surface area contributed by atoms with Gasteiger partial charge >= 0.3 is 0 Å². The van der Waals surface area contributed by atoms with Crippen molar-refractivity contribution in [2.75, 3.05) is 11.9 Å². The van der Waals surface area contributed by atoms with E-state index in [-0.39, 0.29) is 16.8 Å². The number of carbonyl (C=O) groups excluding carboxylic acids is 1. The topological polar surface area (TPSA) is 66.5 Å². The smallest absolute Gasteiger partial charge is 0.250 e. The van der Waals surface area contributed by atoms with Crippen molar-refractivity contribution in [3.8, 4) is 0 Å². The summed E-state index contributed by atoms with van der Waals surface area (Å²) < 4.78 is 28.3. The summed E-state index contributed by atoms with van der Waals surface area (Å²) in [6, 6.07) is 6.60. The van der Waals surface area contributed by atoms with E-state index in [0.29, 0.717) is 11.6 Å². The third-order valence-corrected chi connectivity index (χ3v) is 7.74. The van der Waals surface area contributed by atoms with Crippen LogP contribution in [0.4, 0.5) is 5.69 Å². The predicted molar refractivity (Wildman–Crippen MR) is 117 cm³/mol. The number of hydrogen-bond donors (Lipinski definition) is 1. The molecule has 1 amide bonds. The van der Waals surface area contributed by atoms with Gasteiger partial charge in [-0.15, -0.1) is 0 Å². The molecule has 2 aliphatic carbocycles. The van der Waals surface area contributed by atoms with Gasteiger partial charge in [-0.1, -0.05) is 51.0 Å². The molecule has 1 aromatic carbocycles. The lowest BCUT2D eigenvalue weighted by Crippen LogP contribution is -2.34. The zero-order valence-electron chi connectivity index (χ0n) is 17.5. The molecule has 0 atom stereocenters. The Morgan fingerprint density at radius 3 is 2.10 bits per heavy atom. The van der Waals surface area contributed by atoms with Crippen LogP contribution in [-0.4, -0.2) is 27.4 Å². The third-order valence-electron chi connectivity index (χ3n) is 6.20. The molecule has 0 aliphatic heterocycles. The van der Waals surface area contributed by atoms with Gasteiger partial charge < -0.3 is 4.90 Å². The Balaban J connectivity index is 1.60. The number of nitrogens with one attached hydrogen (secondary N) is 1. The van der Waals surface area contributed by atoms with E-state index in [4.69, 9.17) is 0 Å². The van der Waals surface area contributed by atoms with Gasteiger partial charge in [0.1, 0.15) is 0 Å². The quantitative estimate of drug-likeness (QED) is 0.534. The van der Waals surface area contributed by atoms with Crippen LogP contribution >= 0.6 is 0 Å². The fourth-order valence-corrected chi connectivity index (χ4v) is 5.62. The molecule has 1 N–H and O–H groups in total. The number of anilines is 1. The van der Waals surface area contributed by atoms with E-state index in [9.17, 15) is 13.2 Å². The van der Waals surface area contributed by atoms with Gasteiger partial charge in [0.2, 0.25) is 15.9 Å². The summed E-state index contributed by atoms with van der Waals surface area (Å²) in [5, 5.41) is 0. The van der Waals surface area contributed by atoms with E-state index in [2.05, 4.69) is 4.72 Å². The van der Waals surface area contributed by atoms with Crippen LogP contribution in [0.15, 0.2) is 41.3 Å². The van der Waals surface area contributed by atoms with Crippen molar-refractivity contribution in [3.63, 3.8) is 0 Å². The summed E-state index contributed by atoms with van der Waals surface area (Å²) in [6.07, 6.45) is 16.1. The molecule has 1 aromatic rings. The number of sulfonamides is 1. The summed E-state index contributed by atoms with van der Waals surface area (Å²) >= 11 is 0. The van der Waals surface area contributed by atoms with Crippen LogP contribution in [0.25, 0.3) is 0 Å². The van der Waals surface area contributed by atoms with Crippen LogP contribution in [0, 0.1) is 5.92 Å². The first-order chi connectivity index (χ1) is 14.0. The van der Waals surface area contributed by atoms with E-state index in [1.165, 1.54) is 32.1 Å². The number of benzene rings is 1. The van der Waals surface area contributed by atoms with E-state index in [1.807, 2.05) is 6.08 Å². The Morgan fingerprint density at radius 2 is 1.48 bits per heavy atom. The second kappa shape index (κ2) is 10.4. The molecular weight excluding hydrogens is 384 g/mol. The van der Waals surface area contributed by atoms with E-state index < -0.39 is 10.0 Å². The van der Waals surface area contributed by atoms with Crippen LogP contribution in [0.5, 0.6) is 0 Å². The highest BCUT2D eigenvalue weighted by Gasteiger charge is 2.21. The molecule has 0 radical (unpaired) electrons. The highest BCUT2D eigenvalue weighted by Crippen LogP contribution is 2.25. The summed E-state index contributed by atoms with van der Waals surface area (Å²) in [7, 11) is -1.81. The molecule has 0 unspecified atom stereocenters. The van der Waals surface area contributed by atoms with Gasteiger partial charge in [-0.05, 0) is 61.9 Å². The van der Waals surface area contributed by atoms with Crippen LogP contribution < -0.4 is 9.62 Å². The Hall–Kier alpha value is -1.66. The van der Waals surface area contributed by atoms with Gasteiger partial charge in [0.05, 0.1) is 4.90 Å². The largest absolute Gasteiger partial charge is 0.312 e. The molecule has 5 nitrogen and oxygen atoms in total. The number of carbonyl (C=O) groups is 1. The number of nitrogens with zero attached hydrogens (tertiary/aromatic N) is 1. The first kappa shape index (κ1) is 22.0. The molecule has 29 heavy (non-hydrogen) atoms. The van der Waals surface area contributed by atoms with Crippen molar-refractivity contribution < 1.29 is 13.2 Å². The second-order valence-corrected chi connectivity index (χ2v) is 10.2. The van der Waals surface area contributed by atoms with Crippen molar-refractivity contribution >= 4 is 21.6 Å². The minimum absolute atomic E-state index is 0.0244. The number of hydrogen-bond acceptors (Lipinski definition) is 3. The third kappa shape index (κ3) is 6.41. The van der Waals surface area contributed by atoms with E-state index in [1.54, 1.807) is 42.3 Å². The number of likely N-dealkylation sites (N-methyl/N-ethyl adjacent to an activating group) is 1. The lowest BCUT2D eigenvalue weighted by atomic mass is 9.89. The van der Waals surface area contributed by atoms with Crippen molar-refractivity contribution in [2.24, 2.45) is 5.92 Å². The SMILES string of the molecule is CN(C(=O)C=CC1CCCCC1)c1ccc(S(=O)(=O)NC2CCCCCC2)cc1. The van der Waals surface area contributed by atoms with Gasteiger partial charge in [0, 0.05) is 18.8 Å². The minimum Gasteiger partial charge on any atom is -0.312 e. The lowest BCUT2D eigenvalue weighted by molar-refractivity contribution is -0.113. The van der Waals surface area contributed by atoms with Crippen LogP contribution in [-0.2, 0) is 14.8 Å². The molecule has 0 spiro atoms. The monoisotopic (exact) mass is 418 g/mol. The van der Waals surface area contributed by atoms with Crippen molar-refractivity contribution in [1.82, 2.24) is 4.72 Å². The highest BCUT2D eigenvalue weighted by molar-refractivity contribution is 7.89. The second-order valence-electron chi connectivity index (χ2n) is 8.46. The lowest BCUT2D eigenvalue weighted by Gasteiger charge is -2.19. The Labute approximate surface area is 175 Å². The number of amides is 1. The molecule has 0 aromatic heterocycles. The zero-order chi connectivity index (χ0) is 20.7. The Morgan fingerprint density at radius 1 is 0.931 bits per heavy atom. The normalized spacial score (nSPS) is 19.9. The van der Waals surface area contributed by atoms with Crippen molar-refractivity contribution in [1.29, 1.82) is 0 Å². The standard InChI is InChI=1S/C23H34N2O3S/c1-25(23(26)18-13-19-9-5-4-6-10-19)21-14-16-22(17-15-21)29(27,28)24-20-11-7-2-3-8-12-20/h13-20,24H,2-12H2,1H3. The first-order valence-electron chi connectivity index (χ1n) is 11.0. The number of allylic oxidation sites excluding steroid dienone is 1. The Bertz CT molecular complexity index is 788. The van der Waals surface area contributed by atoms with Crippen molar-refractivity contribution in [2.45, 2.75) is 81.6 Å². The number of rotatable bonds is 6. The maximum absolute atomic E-state index is 12.7. The van der Waals surface area contributed by atoms with Gasteiger partial charge in [-0.25, -0.2) is 13.1 Å². The van der Waals surface area contributed by atoms with Crippen LogP contribution in [0.1, 0.15) is 70.6 Å². The average molecular weight is 419 g/mol. The molecule has 3 rings (SSSR count). The molecule has 0 bridgehead atoms. The average Bonchev–Trinajstić information content (AvgIpc) is 3.00. The maximum atomic E-state index is 12.7. The molecular formula is C23H34N2O3S. The van der Waals surface area contributed by atoms with Gasteiger partial charge in [-0.2, -0.15) is 0 Å².